The van der Waals surface area contributed by atoms with Crippen molar-refractivity contribution in [2.45, 2.75) is 12.3 Å². The molecule has 2 heterocycles. The number of aromatic nitrogens is 2. The first kappa shape index (κ1) is 8.25. The zero-order valence-electron chi connectivity index (χ0n) is 7.21. The Morgan fingerprint density at radius 1 is 1.62 bits per heavy atom. The van der Waals surface area contributed by atoms with E-state index in [4.69, 9.17) is 5.73 Å². The van der Waals surface area contributed by atoms with Gasteiger partial charge in [0.15, 0.2) is 5.95 Å². The summed E-state index contributed by atoms with van der Waals surface area (Å²) in [6.07, 6.45) is 2.57. The maximum absolute atomic E-state index is 11.4. The molecule has 1 atom stereocenters. The molecule has 1 unspecified atom stereocenters. The molecule has 4 N–H and O–H groups in total. The van der Waals surface area contributed by atoms with E-state index in [-0.39, 0.29) is 17.4 Å². The van der Waals surface area contributed by atoms with Gasteiger partial charge in [0.1, 0.15) is 0 Å². The first-order valence-corrected chi connectivity index (χ1v) is 4.33. The Kier molecular flexibility index (Phi) is 2.02. The van der Waals surface area contributed by atoms with E-state index in [1.54, 1.807) is 6.20 Å². The van der Waals surface area contributed by atoms with Crippen LogP contribution in [0.5, 0.6) is 0 Å². The number of rotatable bonds is 1. The van der Waals surface area contributed by atoms with E-state index in [2.05, 4.69) is 15.3 Å². The minimum absolute atomic E-state index is 0.110. The fraction of sp³-hybridized carbons (Fsp3) is 0.500. The van der Waals surface area contributed by atoms with Gasteiger partial charge in [-0.2, -0.15) is 0 Å². The summed E-state index contributed by atoms with van der Waals surface area (Å²) in [5.74, 6) is 0.469. The zero-order chi connectivity index (χ0) is 9.26. The van der Waals surface area contributed by atoms with Crippen LogP contribution in [0.4, 0.5) is 5.95 Å². The van der Waals surface area contributed by atoms with Crippen molar-refractivity contribution in [3.05, 3.63) is 22.1 Å². The first-order valence-electron chi connectivity index (χ1n) is 4.33. The van der Waals surface area contributed by atoms with Gasteiger partial charge in [-0.05, 0) is 13.0 Å². The lowest BCUT2D eigenvalue weighted by molar-refractivity contribution is 0.744. The van der Waals surface area contributed by atoms with Crippen LogP contribution >= 0.6 is 0 Å². The molecule has 0 amide bonds. The third-order valence-corrected chi connectivity index (χ3v) is 2.35. The third-order valence-electron chi connectivity index (χ3n) is 2.35. The molecule has 5 heteroatoms. The fourth-order valence-corrected chi connectivity index (χ4v) is 1.63. The lowest BCUT2D eigenvalue weighted by atomic mass is 10.0. The van der Waals surface area contributed by atoms with E-state index in [9.17, 15) is 4.79 Å². The summed E-state index contributed by atoms with van der Waals surface area (Å²) in [6.45, 7) is 1.82. The van der Waals surface area contributed by atoms with Gasteiger partial charge < -0.3 is 11.1 Å². The average Bonchev–Trinajstić information content (AvgIpc) is 2.56. The predicted octanol–water partition coefficient (Wildman–Crippen LogP) is -0.571. The molecule has 0 radical (unpaired) electrons. The zero-order valence-corrected chi connectivity index (χ0v) is 7.21. The standard InChI is InChI=1S/C8H12N4O/c9-8-11-4-6(7(13)12-8)5-1-2-10-3-5/h4-5,10H,1-3H2,(H3,9,11,12,13). The molecular formula is C8H12N4O. The third kappa shape index (κ3) is 1.55. The Balaban J connectivity index is 2.34. The molecular weight excluding hydrogens is 168 g/mol. The molecule has 2 rings (SSSR count). The molecule has 1 fully saturated rings. The van der Waals surface area contributed by atoms with Crippen molar-refractivity contribution in [2.75, 3.05) is 18.8 Å². The summed E-state index contributed by atoms with van der Waals surface area (Å²) in [5.41, 5.74) is 5.97. The molecule has 0 aromatic carbocycles. The molecule has 1 aliphatic rings. The van der Waals surface area contributed by atoms with Crippen LogP contribution in [-0.4, -0.2) is 23.1 Å². The molecule has 1 aromatic heterocycles. The number of aromatic amines is 1. The van der Waals surface area contributed by atoms with Crippen LogP contribution in [-0.2, 0) is 0 Å². The molecule has 70 valence electrons. The lowest BCUT2D eigenvalue weighted by Gasteiger charge is -2.05. The number of nitrogen functional groups attached to an aromatic ring is 1. The van der Waals surface area contributed by atoms with Crippen LogP contribution in [0.1, 0.15) is 17.9 Å². The van der Waals surface area contributed by atoms with Crippen LogP contribution in [0.15, 0.2) is 11.0 Å². The van der Waals surface area contributed by atoms with Gasteiger partial charge in [-0.1, -0.05) is 0 Å². The van der Waals surface area contributed by atoms with Crippen LogP contribution in [0, 0.1) is 0 Å². The van der Waals surface area contributed by atoms with Crippen molar-refractivity contribution in [3.63, 3.8) is 0 Å². The highest BCUT2D eigenvalue weighted by molar-refractivity contribution is 5.21. The summed E-state index contributed by atoms with van der Waals surface area (Å²) in [4.78, 5) is 17.8. The number of nitrogens with one attached hydrogen (secondary N) is 2. The molecule has 0 aliphatic carbocycles. The monoisotopic (exact) mass is 180 g/mol. The maximum atomic E-state index is 11.4. The van der Waals surface area contributed by atoms with Gasteiger partial charge in [0, 0.05) is 24.2 Å². The highest BCUT2D eigenvalue weighted by atomic mass is 16.1. The lowest BCUT2D eigenvalue weighted by Crippen LogP contribution is -2.20. The summed E-state index contributed by atoms with van der Waals surface area (Å²) in [5, 5.41) is 3.20. The maximum Gasteiger partial charge on any atom is 0.255 e. The smallest absolute Gasteiger partial charge is 0.255 e. The topological polar surface area (TPSA) is 83.8 Å². The van der Waals surface area contributed by atoms with Gasteiger partial charge >= 0.3 is 0 Å². The van der Waals surface area contributed by atoms with Crippen LogP contribution in [0.25, 0.3) is 0 Å². The first-order chi connectivity index (χ1) is 6.27. The van der Waals surface area contributed by atoms with Crippen molar-refractivity contribution in [1.82, 2.24) is 15.3 Å². The summed E-state index contributed by atoms with van der Waals surface area (Å²) in [6, 6.07) is 0. The molecule has 13 heavy (non-hydrogen) atoms. The van der Waals surface area contributed by atoms with Gasteiger partial charge in [-0.25, -0.2) is 4.98 Å². The van der Waals surface area contributed by atoms with E-state index < -0.39 is 0 Å². The van der Waals surface area contributed by atoms with Crippen molar-refractivity contribution in [3.8, 4) is 0 Å². The Morgan fingerprint density at radius 2 is 2.46 bits per heavy atom. The molecule has 0 spiro atoms. The number of anilines is 1. The Bertz CT molecular complexity index is 353. The van der Waals surface area contributed by atoms with E-state index in [1.807, 2.05) is 0 Å². The van der Waals surface area contributed by atoms with Gasteiger partial charge in [0.25, 0.3) is 5.56 Å². The summed E-state index contributed by atoms with van der Waals surface area (Å²) >= 11 is 0. The van der Waals surface area contributed by atoms with Crippen molar-refractivity contribution < 1.29 is 0 Å². The Labute approximate surface area is 75.4 Å². The van der Waals surface area contributed by atoms with E-state index in [1.165, 1.54) is 0 Å². The quantitative estimate of drug-likeness (QED) is 0.540. The highest BCUT2D eigenvalue weighted by Gasteiger charge is 2.19. The van der Waals surface area contributed by atoms with Crippen LogP contribution in [0.3, 0.4) is 0 Å². The normalized spacial score (nSPS) is 22.0. The Morgan fingerprint density at radius 3 is 3.08 bits per heavy atom. The van der Waals surface area contributed by atoms with E-state index in [0.29, 0.717) is 0 Å². The van der Waals surface area contributed by atoms with E-state index in [0.717, 1.165) is 25.1 Å². The summed E-state index contributed by atoms with van der Waals surface area (Å²) < 4.78 is 0. The number of hydrogen-bond donors (Lipinski definition) is 3. The summed E-state index contributed by atoms with van der Waals surface area (Å²) in [7, 11) is 0. The molecule has 0 bridgehead atoms. The average molecular weight is 180 g/mol. The Hall–Kier alpha value is -1.36. The molecule has 1 saturated heterocycles. The van der Waals surface area contributed by atoms with Crippen molar-refractivity contribution >= 4 is 5.95 Å². The van der Waals surface area contributed by atoms with E-state index >= 15 is 0 Å². The van der Waals surface area contributed by atoms with Crippen molar-refractivity contribution in [2.24, 2.45) is 0 Å². The number of nitrogens with zero attached hydrogens (tertiary/aromatic N) is 1. The number of nitrogens with two attached hydrogens (primary N) is 1. The molecule has 0 saturated carbocycles. The second kappa shape index (κ2) is 3.18. The number of H-pyrrole nitrogens is 1. The second-order valence-electron chi connectivity index (χ2n) is 3.24. The van der Waals surface area contributed by atoms with Gasteiger partial charge in [-0.3, -0.25) is 9.78 Å². The largest absolute Gasteiger partial charge is 0.369 e. The fourth-order valence-electron chi connectivity index (χ4n) is 1.63. The number of hydrogen-bond acceptors (Lipinski definition) is 4. The molecule has 1 aliphatic heterocycles. The highest BCUT2D eigenvalue weighted by Crippen LogP contribution is 2.17. The second-order valence-corrected chi connectivity index (χ2v) is 3.24. The molecule has 5 nitrogen and oxygen atoms in total. The van der Waals surface area contributed by atoms with Gasteiger partial charge in [-0.15, -0.1) is 0 Å². The van der Waals surface area contributed by atoms with Crippen molar-refractivity contribution in [1.29, 1.82) is 0 Å². The minimum Gasteiger partial charge on any atom is -0.369 e. The van der Waals surface area contributed by atoms with Gasteiger partial charge in [0.05, 0.1) is 0 Å². The predicted molar refractivity (Wildman–Crippen MR) is 49.5 cm³/mol. The van der Waals surface area contributed by atoms with Crippen LogP contribution in [0.2, 0.25) is 0 Å². The minimum atomic E-state index is -0.110. The SMILES string of the molecule is Nc1ncc(C2CCNC2)c(=O)[nH]1. The van der Waals surface area contributed by atoms with Crippen LogP contribution < -0.4 is 16.6 Å². The van der Waals surface area contributed by atoms with Gasteiger partial charge in [0.2, 0.25) is 0 Å². The molecule has 1 aromatic rings.